The number of aryl methyl sites for hydroxylation is 1. The Kier molecular flexibility index (Phi) is 4.36. The SMILES string of the molecule is CCc1ccc(-c2ccccc2C(C)C2CC2C(C)(C)C)cc1. The molecule has 0 saturated heterocycles. The Labute approximate surface area is 141 Å². The molecule has 122 valence electrons. The minimum absolute atomic E-state index is 0.441. The summed E-state index contributed by atoms with van der Waals surface area (Å²) in [5.74, 6) is 2.35. The van der Waals surface area contributed by atoms with Crippen LogP contribution >= 0.6 is 0 Å². The van der Waals surface area contributed by atoms with Crippen LogP contribution in [0.15, 0.2) is 48.5 Å². The molecule has 0 heteroatoms. The highest BCUT2D eigenvalue weighted by Gasteiger charge is 2.48. The van der Waals surface area contributed by atoms with E-state index in [9.17, 15) is 0 Å². The van der Waals surface area contributed by atoms with Crippen LogP contribution in [0.25, 0.3) is 11.1 Å². The summed E-state index contributed by atoms with van der Waals surface area (Å²) in [6.45, 7) is 11.8. The highest BCUT2D eigenvalue weighted by atomic mass is 14.5. The van der Waals surface area contributed by atoms with Crippen LogP contribution in [-0.4, -0.2) is 0 Å². The molecule has 23 heavy (non-hydrogen) atoms. The normalized spacial score (nSPS) is 22.0. The fourth-order valence-electron chi connectivity index (χ4n) is 4.07. The average molecular weight is 306 g/mol. The molecular formula is C23H30. The van der Waals surface area contributed by atoms with Crippen molar-refractivity contribution in [2.75, 3.05) is 0 Å². The maximum absolute atomic E-state index is 2.43. The van der Waals surface area contributed by atoms with Crippen molar-refractivity contribution in [2.45, 2.75) is 53.4 Å². The van der Waals surface area contributed by atoms with Crippen LogP contribution in [0.1, 0.15) is 58.1 Å². The van der Waals surface area contributed by atoms with E-state index in [-0.39, 0.29) is 0 Å². The monoisotopic (exact) mass is 306 g/mol. The van der Waals surface area contributed by atoms with Crippen LogP contribution in [0.3, 0.4) is 0 Å². The van der Waals surface area contributed by atoms with Gasteiger partial charge >= 0.3 is 0 Å². The summed E-state index contributed by atoms with van der Waals surface area (Å²) in [7, 11) is 0. The van der Waals surface area contributed by atoms with Crippen molar-refractivity contribution >= 4 is 0 Å². The lowest BCUT2D eigenvalue weighted by molar-refractivity contribution is 0.320. The van der Waals surface area contributed by atoms with E-state index in [1.165, 1.54) is 28.7 Å². The van der Waals surface area contributed by atoms with Crippen LogP contribution in [-0.2, 0) is 6.42 Å². The van der Waals surface area contributed by atoms with E-state index in [1.807, 2.05) is 0 Å². The summed E-state index contributed by atoms with van der Waals surface area (Å²) in [4.78, 5) is 0. The second-order valence-corrected chi connectivity index (χ2v) is 8.30. The lowest BCUT2D eigenvalue weighted by Gasteiger charge is -2.22. The van der Waals surface area contributed by atoms with E-state index < -0.39 is 0 Å². The Bertz CT molecular complexity index is 657. The second-order valence-electron chi connectivity index (χ2n) is 8.30. The number of hydrogen-bond donors (Lipinski definition) is 0. The molecule has 3 unspecified atom stereocenters. The molecule has 1 saturated carbocycles. The van der Waals surface area contributed by atoms with E-state index in [2.05, 4.69) is 83.1 Å². The van der Waals surface area contributed by atoms with Crippen molar-refractivity contribution in [3.63, 3.8) is 0 Å². The predicted molar refractivity (Wildman–Crippen MR) is 101 cm³/mol. The third-order valence-corrected chi connectivity index (χ3v) is 5.72. The van der Waals surface area contributed by atoms with Gasteiger partial charge in [-0.1, -0.05) is 83.1 Å². The first-order valence-electron chi connectivity index (χ1n) is 9.10. The quantitative estimate of drug-likeness (QED) is 0.589. The molecule has 0 spiro atoms. The fraction of sp³-hybridized carbons (Fsp3) is 0.478. The van der Waals surface area contributed by atoms with Crippen LogP contribution in [0.2, 0.25) is 0 Å². The van der Waals surface area contributed by atoms with Gasteiger partial charge in [0.2, 0.25) is 0 Å². The summed E-state index contributed by atoms with van der Waals surface area (Å²) < 4.78 is 0. The van der Waals surface area contributed by atoms with Crippen molar-refractivity contribution < 1.29 is 0 Å². The van der Waals surface area contributed by atoms with Crippen molar-refractivity contribution in [3.05, 3.63) is 59.7 Å². The molecule has 1 aliphatic carbocycles. The average Bonchev–Trinajstić information content (AvgIpc) is 3.35. The zero-order chi connectivity index (χ0) is 16.6. The first kappa shape index (κ1) is 16.3. The highest BCUT2D eigenvalue weighted by molar-refractivity contribution is 5.68. The van der Waals surface area contributed by atoms with Crippen molar-refractivity contribution in [3.8, 4) is 11.1 Å². The third-order valence-electron chi connectivity index (χ3n) is 5.72. The van der Waals surface area contributed by atoms with Crippen molar-refractivity contribution in [2.24, 2.45) is 17.3 Å². The van der Waals surface area contributed by atoms with Gasteiger partial charge in [0.05, 0.1) is 0 Å². The van der Waals surface area contributed by atoms with Gasteiger partial charge in [0.15, 0.2) is 0 Å². The van der Waals surface area contributed by atoms with Gasteiger partial charge in [-0.15, -0.1) is 0 Å². The molecule has 3 atom stereocenters. The molecule has 3 rings (SSSR count). The predicted octanol–water partition coefficient (Wildman–Crippen LogP) is 6.70. The van der Waals surface area contributed by atoms with E-state index in [0.717, 1.165) is 18.3 Å². The number of hydrogen-bond acceptors (Lipinski definition) is 0. The standard InChI is InChI=1S/C23H30/c1-6-17-11-13-18(14-12-17)20-10-8-7-9-19(20)16(2)21-15-22(21)23(3,4)5/h7-14,16,21-22H,6,15H2,1-5H3. The second kappa shape index (κ2) is 6.15. The van der Waals surface area contributed by atoms with Crippen molar-refractivity contribution in [1.29, 1.82) is 0 Å². The molecule has 0 aliphatic heterocycles. The molecule has 0 heterocycles. The smallest absolute Gasteiger partial charge is 0.0149 e. The van der Waals surface area contributed by atoms with Crippen LogP contribution in [0, 0.1) is 17.3 Å². The zero-order valence-corrected chi connectivity index (χ0v) is 15.3. The van der Waals surface area contributed by atoms with Gasteiger partial charge in [-0.05, 0) is 58.3 Å². The summed E-state index contributed by atoms with van der Waals surface area (Å²) >= 11 is 0. The minimum atomic E-state index is 0.441. The number of benzene rings is 2. The Morgan fingerprint density at radius 1 is 1.00 bits per heavy atom. The molecule has 0 radical (unpaired) electrons. The zero-order valence-electron chi connectivity index (χ0n) is 15.3. The van der Waals surface area contributed by atoms with Gasteiger partial charge in [0.1, 0.15) is 0 Å². The summed E-state index contributed by atoms with van der Waals surface area (Å²) in [6, 6.07) is 18.1. The molecule has 0 aromatic heterocycles. The number of rotatable bonds is 4. The van der Waals surface area contributed by atoms with Crippen LogP contribution in [0.5, 0.6) is 0 Å². The van der Waals surface area contributed by atoms with E-state index in [0.29, 0.717) is 11.3 Å². The Balaban J connectivity index is 1.89. The van der Waals surface area contributed by atoms with Crippen molar-refractivity contribution in [1.82, 2.24) is 0 Å². The van der Waals surface area contributed by atoms with Gasteiger partial charge in [0.25, 0.3) is 0 Å². The van der Waals surface area contributed by atoms with Gasteiger partial charge < -0.3 is 0 Å². The maximum atomic E-state index is 2.43. The maximum Gasteiger partial charge on any atom is -0.0149 e. The third kappa shape index (κ3) is 3.37. The highest BCUT2D eigenvalue weighted by Crippen LogP contribution is 2.57. The molecule has 0 bridgehead atoms. The molecule has 0 N–H and O–H groups in total. The summed E-state index contributed by atoms with van der Waals surface area (Å²) in [6.07, 6.45) is 2.49. The van der Waals surface area contributed by atoms with Gasteiger partial charge in [-0.3, -0.25) is 0 Å². The van der Waals surface area contributed by atoms with Gasteiger partial charge in [-0.2, -0.15) is 0 Å². The van der Waals surface area contributed by atoms with Gasteiger partial charge in [0, 0.05) is 0 Å². The van der Waals surface area contributed by atoms with E-state index in [4.69, 9.17) is 0 Å². The Morgan fingerprint density at radius 2 is 1.65 bits per heavy atom. The lowest BCUT2D eigenvalue weighted by atomic mass is 9.83. The molecule has 0 nitrogen and oxygen atoms in total. The molecule has 1 fully saturated rings. The van der Waals surface area contributed by atoms with E-state index >= 15 is 0 Å². The van der Waals surface area contributed by atoms with Crippen LogP contribution < -0.4 is 0 Å². The molecule has 2 aromatic rings. The Hall–Kier alpha value is -1.56. The van der Waals surface area contributed by atoms with Crippen LogP contribution in [0.4, 0.5) is 0 Å². The molecule has 0 amide bonds. The lowest BCUT2D eigenvalue weighted by Crippen LogP contribution is -2.12. The first-order chi connectivity index (χ1) is 10.9. The largest absolute Gasteiger partial charge is 0.0619 e. The minimum Gasteiger partial charge on any atom is -0.0619 e. The summed E-state index contributed by atoms with van der Waals surface area (Å²) in [5.41, 5.74) is 6.15. The van der Waals surface area contributed by atoms with E-state index in [1.54, 1.807) is 0 Å². The first-order valence-corrected chi connectivity index (χ1v) is 9.10. The Morgan fingerprint density at radius 3 is 2.22 bits per heavy atom. The molecule has 1 aliphatic rings. The summed E-state index contributed by atoms with van der Waals surface area (Å²) in [5, 5.41) is 0. The molecule has 2 aromatic carbocycles. The molecular weight excluding hydrogens is 276 g/mol. The van der Waals surface area contributed by atoms with Gasteiger partial charge in [-0.25, -0.2) is 0 Å². The topological polar surface area (TPSA) is 0 Å². The fourth-order valence-corrected chi connectivity index (χ4v) is 4.07.